The number of halogens is 1. The lowest BCUT2D eigenvalue weighted by Crippen LogP contribution is -2.51. The molecule has 0 saturated heterocycles. The molecule has 0 radical (unpaired) electrons. The number of benzene rings is 2. The minimum atomic E-state index is -3.59. The predicted molar refractivity (Wildman–Crippen MR) is 158 cm³/mol. The Balaban J connectivity index is 1.77. The van der Waals surface area contributed by atoms with E-state index < -0.39 is 16.1 Å². The molecule has 9 heteroatoms. The van der Waals surface area contributed by atoms with Crippen molar-refractivity contribution in [2.24, 2.45) is 0 Å². The molecule has 0 heterocycles. The molecule has 1 saturated carbocycles. The van der Waals surface area contributed by atoms with E-state index in [1.54, 1.807) is 30.0 Å². The van der Waals surface area contributed by atoms with Gasteiger partial charge in [0.05, 0.1) is 11.9 Å². The van der Waals surface area contributed by atoms with Gasteiger partial charge in [0, 0.05) is 30.6 Å². The highest BCUT2D eigenvalue weighted by atomic mass is 35.5. The van der Waals surface area contributed by atoms with Gasteiger partial charge in [0.1, 0.15) is 6.04 Å². The highest BCUT2D eigenvalue weighted by Gasteiger charge is 2.30. The fourth-order valence-corrected chi connectivity index (χ4v) is 6.39. The molecule has 0 bridgehead atoms. The Morgan fingerprint density at radius 2 is 1.72 bits per heavy atom. The molecular weight excluding hydrogens is 534 g/mol. The summed E-state index contributed by atoms with van der Waals surface area (Å²) in [6.45, 7) is 6.16. The summed E-state index contributed by atoms with van der Waals surface area (Å²) >= 11 is 6.25. The molecule has 3 rings (SSSR count). The van der Waals surface area contributed by atoms with Crippen LogP contribution in [0.25, 0.3) is 0 Å². The average molecular weight is 576 g/mol. The van der Waals surface area contributed by atoms with Crippen LogP contribution in [-0.2, 0) is 26.2 Å². The first-order valence-corrected chi connectivity index (χ1v) is 16.1. The van der Waals surface area contributed by atoms with Crippen LogP contribution in [0.2, 0.25) is 5.02 Å². The SMILES string of the molecule is CC[C@@H](C(=O)NC1CCCCC1)N(Cc1ccc(C)cc1)C(=O)CCCN(c1cccc(Cl)c1C)S(C)(=O)=O. The van der Waals surface area contributed by atoms with Gasteiger partial charge in [-0.15, -0.1) is 0 Å². The van der Waals surface area contributed by atoms with E-state index in [-0.39, 0.29) is 30.8 Å². The Morgan fingerprint density at radius 3 is 2.33 bits per heavy atom. The number of hydrogen-bond acceptors (Lipinski definition) is 4. The van der Waals surface area contributed by atoms with Gasteiger partial charge >= 0.3 is 0 Å². The number of sulfonamides is 1. The zero-order valence-corrected chi connectivity index (χ0v) is 25.2. The summed E-state index contributed by atoms with van der Waals surface area (Å²) in [5.41, 5.74) is 3.25. The van der Waals surface area contributed by atoms with Crippen LogP contribution in [-0.4, -0.2) is 50.0 Å². The van der Waals surface area contributed by atoms with E-state index in [4.69, 9.17) is 11.6 Å². The minimum Gasteiger partial charge on any atom is -0.352 e. The zero-order valence-electron chi connectivity index (χ0n) is 23.6. The van der Waals surface area contributed by atoms with Gasteiger partial charge in [-0.1, -0.05) is 73.7 Å². The van der Waals surface area contributed by atoms with Gasteiger partial charge in [0.15, 0.2) is 0 Å². The van der Waals surface area contributed by atoms with Crippen molar-refractivity contribution in [3.8, 4) is 0 Å². The quantitative estimate of drug-likeness (QED) is 0.349. The summed E-state index contributed by atoms with van der Waals surface area (Å²) in [6.07, 6.45) is 7.42. The van der Waals surface area contributed by atoms with Crippen molar-refractivity contribution in [2.45, 2.75) is 90.8 Å². The number of nitrogens with one attached hydrogen (secondary N) is 1. The van der Waals surface area contributed by atoms with Crippen molar-refractivity contribution in [2.75, 3.05) is 17.1 Å². The fraction of sp³-hybridized carbons (Fsp3) is 0.533. The molecule has 0 aromatic heterocycles. The highest BCUT2D eigenvalue weighted by molar-refractivity contribution is 7.92. The third-order valence-corrected chi connectivity index (χ3v) is 9.06. The predicted octanol–water partition coefficient (Wildman–Crippen LogP) is 5.76. The topological polar surface area (TPSA) is 86.8 Å². The van der Waals surface area contributed by atoms with Crippen molar-refractivity contribution >= 4 is 39.1 Å². The lowest BCUT2D eigenvalue weighted by molar-refractivity contribution is -0.141. The number of anilines is 1. The Labute approximate surface area is 239 Å². The number of hydrogen-bond donors (Lipinski definition) is 1. The lowest BCUT2D eigenvalue weighted by Gasteiger charge is -2.33. The van der Waals surface area contributed by atoms with Crippen LogP contribution in [0.1, 0.15) is 75.0 Å². The lowest BCUT2D eigenvalue weighted by atomic mass is 9.95. The monoisotopic (exact) mass is 575 g/mol. The van der Waals surface area contributed by atoms with Crippen LogP contribution in [0.3, 0.4) is 0 Å². The maximum Gasteiger partial charge on any atom is 0.243 e. The van der Waals surface area contributed by atoms with Crippen molar-refractivity contribution in [1.29, 1.82) is 0 Å². The summed E-state index contributed by atoms with van der Waals surface area (Å²) in [4.78, 5) is 28.7. The van der Waals surface area contributed by atoms with Crippen molar-refractivity contribution in [3.05, 3.63) is 64.2 Å². The smallest absolute Gasteiger partial charge is 0.243 e. The Bertz CT molecular complexity index is 1230. The maximum atomic E-state index is 13.7. The van der Waals surface area contributed by atoms with Crippen LogP contribution in [0.15, 0.2) is 42.5 Å². The molecule has 1 fully saturated rings. The first-order valence-electron chi connectivity index (χ1n) is 13.9. The minimum absolute atomic E-state index is 0.114. The van der Waals surface area contributed by atoms with E-state index in [2.05, 4.69) is 5.32 Å². The molecule has 2 aromatic rings. The molecule has 0 unspecified atom stereocenters. The van der Waals surface area contributed by atoms with Crippen LogP contribution >= 0.6 is 11.6 Å². The second kappa shape index (κ2) is 14.2. The summed E-state index contributed by atoms with van der Waals surface area (Å²) in [5, 5.41) is 3.68. The first kappa shape index (κ1) is 31.0. The zero-order chi connectivity index (χ0) is 28.6. The third kappa shape index (κ3) is 8.70. The molecule has 0 spiro atoms. The standard InChI is InChI=1S/C30H42ClN3O4S/c1-5-27(30(36)32-25-11-7-6-8-12-25)33(21-24-18-16-22(2)17-19-24)29(35)15-10-20-34(39(4,37)38)28-14-9-13-26(31)23(28)3/h9,13-14,16-19,25,27H,5-8,10-12,15,20-21H2,1-4H3,(H,32,36)/t27-/m0/s1. The number of carbonyl (C=O) groups excluding carboxylic acids is 2. The third-order valence-electron chi connectivity index (χ3n) is 7.47. The number of aryl methyl sites for hydroxylation is 1. The molecule has 1 N–H and O–H groups in total. The molecule has 2 aromatic carbocycles. The van der Waals surface area contributed by atoms with Crippen molar-refractivity contribution < 1.29 is 18.0 Å². The fourth-order valence-electron chi connectivity index (χ4n) is 5.20. The van der Waals surface area contributed by atoms with Crippen LogP contribution in [0.4, 0.5) is 5.69 Å². The van der Waals surface area contributed by atoms with Gasteiger partial charge in [0.25, 0.3) is 0 Å². The first-order chi connectivity index (χ1) is 18.5. The highest BCUT2D eigenvalue weighted by Crippen LogP contribution is 2.28. The van der Waals surface area contributed by atoms with Gasteiger partial charge < -0.3 is 10.2 Å². The molecular formula is C30H42ClN3O4S. The van der Waals surface area contributed by atoms with Gasteiger partial charge in [-0.05, 0) is 62.8 Å². The number of carbonyl (C=O) groups is 2. The molecule has 1 aliphatic carbocycles. The van der Waals surface area contributed by atoms with E-state index in [0.29, 0.717) is 35.7 Å². The molecule has 0 aliphatic heterocycles. The van der Waals surface area contributed by atoms with E-state index >= 15 is 0 Å². The summed E-state index contributed by atoms with van der Waals surface area (Å²) in [5.74, 6) is -0.283. The Hall–Kier alpha value is -2.58. The maximum absolute atomic E-state index is 13.7. The average Bonchev–Trinajstić information content (AvgIpc) is 2.89. The summed E-state index contributed by atoms with van der Waals surface area (Å²) in [6, 6.07) is 12.7. The van der Waals surface area contributed by atoms with E-state index in [1.807, 2.05) is 38.1 Å². The summed E-state index contributed by atoms with van der Waals surface area (Å²) < 4.78 is 26.6. The molecule has 39 heavy (non-hydrogen) atoms. The second-order valence-electron chi connectivity index (χ2n) is 10.6. The Kier molecular flexibility index (Phi) is 11.2. The van der Waals surface area contributed by atoms with Gasteiger partial charge in [-0.25, -0.2) is 8.42 Å². The number of amides is 2. The van der Waals surface area contributed by atoms with Crippen LogP contribution in [0, 0.1) is 13.8 Å². The van der Waals surface area contributed by atoms with Crippen LogP contribution < -0.4 is 9.62 Å². The number of nitrogens with zero attached hydrogens (tertiary/aromatic N) is 2. The molecule has 1 atom stereocenters. The van der Waals surface area contributed by atoms with Crippen molar-refractivity contribution in [1.82, 2.24) is 10.2 Å². The van der Waals surface area contributed by atoms with E-state index in [1.165, 1.54) is 10.7 Å². The normalized spacial score (nSPS) is 15.0. The van der Waals surface area contributed by atoms with E-state index in [0.717, 1.165) is 43.1 Å². The number of rotatable bonds is 12. The van der Waals surface area contributed by atoms with Crippen LogP contribution in [0.5, 0.6) is 0 Å². The van der Waals surface area contributed by atoms with Gasteiger partial charge in [-0.3, -0.25) is 13.9 Å². The molecule has 2 amide bonds. The molecule has 214 valence electrons. The van der Waals surface area contributed by atoms with Crippen molar-refractivity contribution in [3.63, 3.8) is 0 Å². The van der Waals surface area contributed by atoms with Gasteiger partial charge in [-0.2, -0.15) is 0 Å². The van der Waals surface area contributed by atoms with Gasteiger partial charge in [0.2, 0.25) is 21.8 Å². The Morgan fingerprint density at radius 1 is 1.05 bits per heavy atom. The van der Waals surface area contributed by atoms with E-state index in [9.17, 15) is 18.0 Å². The summed E-state index contributed by atoms with van der Waals surface area (Å²) in [7, 11) is -3.59. The largest absolute Gasteiger partial charge is 0.352 e. The molecule has 1 aliphatic rings. The molecule has 7 nitrogen and oxygen atoms in total. The second-order valence-corrected chi connectivity index (χ2v) is 12.9.